The van der Waals surface area contributed by atoms with Crippen molar-refractivity contribution >= 4 is 5.97 Å². The van der Waals surface area contributed by atoms with Crippen LogP contribution in [-0.4, -0.2) is 54.1 Å². The molecule has 5 atom stereocenters. The van der Waals surface area contributed by atoms with Crippen LogP contribution in [0.5, 0.6) is 0 Å². The SMILES string of the molecule is CC(=O)O[C@@H]1[C@@H](N=[N+]=[N-])[C@@H](O[N+](=O)[O-])O[C@@H]2COC(C)(C)O[C@@H]12. The van der Waals surface area contributed by atoms with E-state index in [2.05, 4.69) is 14.9 Å². The van der Waals surface area contributed by atoms with Crippen LogP contribution in [0.4, 0.5) is 0 Å². The second-order valence-corrected chi connectivity index (χ2v) is 5.43. The zero-order chi connectivity index (χ0) is 17.2. The molecule has 0 aromatic heterocycles. The van der Waals surface area contributed by atoms with Crippen LogP contribution in [0.2, 0.25) is 0 Å². The number of ether oxygens (including phenoxy) is 4. The summed E-state index contributed by atoms with van der Waals surface area (Å²) in [5, 5.41) is 12.9. The van der Waals surface area contributed by atoms with Crippen LogP contribution >= 0.6 is 0 Å². The summed E-state index contributed by atoms with van der Waals surface area (Å²) in [6.07, 6.45) is -4.28. The summed E-state index contributed by atoms with van der Waals surface area (Å²) < 4.78 is 21.7. The first kappa shape index (κ1) is 17.2. The third-order valence-corrected chi connectivity index (χ3v) is 3.31. The lowest BCUT2D eigenvalue weighted by molar-refractivity contribution is -0.784. The Labute approximate surface area is 130 Å². The van der Waals surface area contributed by atoms with E-state index in [-0.39, 0.29) is 6.61 Å². The smallest absolute Gasteiger partial charge is 0.303 e. The minimum absolute atomic E-state index is 0.0377. The summed E-state index contributed by atoms with van der Waals surface area (Å²) in [4.78, 5) is 29.0. The normalized spacial score (nSPS) is 35.3. The van der Waals surface area contributed by atoms with Gasteiger partial charge >= 0.3 is 5.97 Å². The van der Waals surface area contributed by atoms with Crippen molar-refractivity contribution in [2.45, 2.75) is 57.2 Å². The van der Waals surface area contributed by atoms with Gasteiger partial charge in [-0.3, -0.25) is 9.63 Å². The van der Waals surface area contributed by atoms with Gasteiger partial charge in [0.15, 0.2) is 5.79 Å². The summed E-state index contributed by atoms with van der Waals surface area (Å²) in [6.45, 7) is 4.49. The lowest BCUT2D eigenvalue weighted by Gasteiger charge is -2.49. The Morgan fingerprint density at radius 3 is 2.78 bits per heavy atom. The molecule has 0 bridgehead atoms. The van der Waals surface area contributed by atoms with Crippen molar-refractivity contribution in [2.24, 2.45) is 5.11 Å². The van der Waals surface area contributed by atoms with E-state index in [9.17, 15) is 14.9 Å². The summed E-state index contributed by atoms with van der Waals surface area (Å²) in [7, 11) is 0. The van der Waals surface area contributed by atoms with Crippen molar-refractivity contribution in [3.05, 3.63) is 20.6 Å². The molecular weight excluding hydrogens is 316 g/mol. The Morgan fingerprint density at radius 1 is 1.52 bits per heavy atom. The molecule has 2 aliphatic rings. The number of fused-ring (bicyclic) bond motifs is 1. The average Bonchev–Trinajstić information content (AvgIpc) is 2.41. The van der Waals surface area contributed by atoms with E-state index in [1.807, 2.05) is 0 Å². The average molecular weight is 332 g/mol. The molecule has 2 rings (SSSR count). The van der Waals surface area contributed by atoms with Crippen molar-refractivity contribution in [1.82, 2.24) is 0 Å². The van der Waals surface area contributed by atoms with Crippen LogP contribution in [0.15, 0.2) is 5.11 Å². The van der Waals surface area contributed by atoms with Crippen LogP contribution in [-0.2, 0) is 28.6 Å². The van der Waals surface area contributed by atoms with Gasteiger partial charge in [0.1, 0.15) is 24.4 Å². The molecule has 0 aromatic carbocycles. The molecule has 2 fully saturated rings. The number of esters is 1. The van der Waals surface area contributed by atoms with Gasteiger partial charge < -0.3 is 18.9 Å². The first-order chi connectivity index (χ1) is 10.7. The molecule has 12 heteroatoms. The van der Waals surface area contributed by atoms with Crippen molar-refractivity contribution < 1.29 is 33.7 Å². The Kier molecular flexibility index (Phi) is 4.90. The Morgan fingerprint density at radius 2 is 2.22 bits per heavy atom. The van der Waals surface area contributed by atoms with Crippen LogP contribution in [0.25, 0.3) is 10.4 Å². The quantitative estimate of drug-likeness (QED) is 0.182. The van der Waals surface area contributed by atoms with Gasteiger partial charge in [-0.25, -0.2) is 0 Å². The summed E-state index contributed by atoms with van der Waals surface area (Å²) >= 11 is 0. The highest BCUT2D eigenvalue weighted by Gasteiger charge is 2.53. The van der Waals surface area contributed by atoms with Crippen LogP contribution in [0.3, 0.4) is 0 Å². The van der Waals surface area contributed by atoms with E-state index in [1.165, 1.54) is 0 Å². The molecule has 0 aliphatic carbocycles. The molecule has 0 radical (unpaired) electrons. The van der Waals surface area contributed by atoms with Gasteiger partial charge in [0.2, 0.25) is 6.29 Å². The lowest BCUT2D eigenvalue weighted by Crippen LogP contribution is -2.65. The summed E-state index contributed by atoms with van der Waals surface area (Å²) in [5.41, 5.74) is 8.69. The number of carbonyl (C=O) groups excluding carboxylic acids is 1. The van der Waals surface area contributed by atoms with E-state index in [0.29, 0.717) is 0 Å². The summed E-state index contributed by atoms with van der Waals surface area (Å²) in [6, 6.07) is -1.29. The van der Waals surface area contributed by atoms with Gasteiger partial charge in [-0.1, -0.05) is 5.11 Å². The Balaban J connectivity index is 2.34. The first-order valence-corrected chi connectivity index (χ1v) is 6.73. The fraction of sp³-hybridized carbons (Fsp3) is 0.909. The molecule has 0 spiro atoms. The van der Waals surface area contributed by atoms with Crippen LogP contribution < -0.4 is 0 Å². The van der Waals surface area contributed by atoms with Crippen molar-refractivity contribution in [1.29, 1.82) is 0 Å². The predicted molar refractivity (Wildman–Crippen MR) is 70.1 cm³/mol. The van der Waals surface area contributed by atoms with E-state index < -0.39 is 47.5 Å². The highest BCUT2D eigenvalue weighted by Crippen LogP contribution is 2.35. The highest BCUT2D eigenvalue weighted by atomic mass is 17.0. The van der Waals surface area contributed by atoms with E-state index >= 15 is 0 Å². The number of azide groups is 1. The minimum atomic E-state index is -1.54. The molecule has 2 heterocycles. The Hall–Kier alpha value is -2.14. The number of hydrogen-bond acceptors (Lipinski definition) is 9. The van der Waals surface area contributed by atoms with Crippen molar-refractivity contribution in [3.8, 4) is 0 Å². The standard InChI is InChI=1S/C11H16N4O8/c1-5(16)20-9-7(13-14-12)10(23-15(17)18)21-6-4-19-11(2,3)22-8(6)9/h6-10H,4H2,1-3H3/t6-,7-,8-,9-,10-/m1/s1. The topological polar surface area (TPSA) is 155 Å². The molecule has 23 heavy (non-hydrogen) atoms. The predicted octanol–water partition coefficient (Wildman–Crippen LogP) is 0.682. The number of hydrogen-bond donors (Lipinski definition) is 0. The molecular formula is C11H16N4O8. The molecule has 2 aliphatic heterocycles. The molecule has 128 valence electrons. The third kappa shape index (κ3) is 3.99. The van der Waals surface area contributed by atoms with E-state index in [4.69, 9.17) is 24.5 Å². The zero-order valence-electron chi connectivity index (χ0n) is 12.6. The maximum absolute atomic E-state index is 11.4. The molecule has 12 nitrogen and oxygen atoms in total. The van der Waals surface area contributed by atoms with Gasteiger partial charge in [0, 0.05) is 11.8 Å². The molecule has 0 saturated carbocycles. The fourth-order valence-corrected chi connectivity index (χ4v) is 2.49. The lowest BCUT2D eigenvalue weighted by atomic mass is 9.95. The fourth-order valence-electron chi connectivity index (χ4n) is 2.49. The number of nitrogens with zero attached hydrogens (tertiary/aromatic N) is 4. The van der Waals surface area contributed by atoms with Gasteiger partial charge in [-0.15, -0.1) is 10.1 Å². The highest BCUT2D eigenvalue weighted by molar-refractivity contribution is 5.66. The van der Waals surface area contributed by atoms with Gasteiger partial charge in [-0.05, 0) is 19.4 Å². The number of rotatable bonds is 4. The third-order valence-electron chi connectivity index (χ3n) is 3.31. The molecule has 0 N–H and O–H groups in total. The minimum Gasteiger partial charge on any atom is -0.459 e. The molecule has 0 aromatic rings. The van der Waals surface area contributed by atoms with Crippen LogP contribution in [0.1, 0.15) is 20.8 Å². The maximum atomic E-state index is 11.4. The monoisotopic (exact) mass is 332 g/mol. The molecule has 0 amide bonds. The van der Waals surface area contributed by atoms with Gasteiger partial charge in [-0.2, -0.15) is 0 Å². The van der Waals surface area contributed by atoms with Crippen molar-refractivity contribution in [3.63, 3.8) is 0 Å². The van der Waals surface area contributed by atoms with Crippen LogP contribution in [0, 0.1) is 10.1 Å². The largest absolute Gasteiger partial charge is 0.459 e. The number of carbonyl (C=O) groups is 1. The Bertz CT molecular complexity index is 534. The zero-order valence-corrected chi connectivity index (χ0v) is 12.6. The first-order valence-electron chi connectivity index (χ1n) is 6.73. The van der Waals surface area contributed by atoms with E-state index in [0.717, 1.165) is 6.92 Å². The van der Waals surface area contributed by atoms with Crippen molar-refractivity contribution in [2.75, 3.05) is 6.61 Å². The van der Waals surface area contributed by atoms with Gasteiger partial charge in [0.05, 0.1) is 6.61 Å². The maximum Gasteiger partial charge on any atom is 0.303 e. The second kappa shape index (κ2) is 6.54. The summed E-state index contributed by atoms with van der Waals surface area (Å²) in [5.74, 6) is -1.65. The molecule has 2 saturated heterocycles. The molecule has 0 unspecified atom stereocenters. The van der Waals surface area contributed by atoms with E-state index in [1.54, 1.807) is 13.8 Å². The van der Waals surface area contributed by atoms with Gasteiger partial charge in [0.25, 0.3) is 5.09 Å². The second-order valence-electron chi connectivity index (χ2n) is 5.43.